The predicted molar refractivity (Wildman–Crippen MR) is 83.0 cm³/mol. The number of carbonyl (C=O) groups excluding carboxylic acids is 1. The van der Waals surface area contributed by atoms with Gasteiger partial charge in [0.2, 0.25) is 0 Å². The number of ether oxygens (including phenoxy) is 2. The first-order valence-corrected chi connectivity index (χ1v) is 6.58. The van der Waals surface area contributed by atoms with Crippen LogP contribution in [-0.4, -0.2) is 19.6 Å². The van der Waals surface area contributed by atoms with E-state index in [4.69, 9.17) is 26.8 Å². The van der Waals surface area contributed by atoms with Crippen molar-refractivity contribution >= 4 is 28.9 Å². The van der Waals surface area contributed by atoms with Crippen LogP contribution in [0, 0.1) is 0 Å². The third kappa shape index (κ3) is 4.29. The highest BCUT2D eigenvalue weighted by molar-refractivity contribution is 6.30. The van der Waals surface area contributed by atoms with E-state index in [1.165, 1.54) is 7.11 Å². The third-order valence-corrected chi connectivity index (χ3v) is 2.93. The molecule has 2 aromatic carbocycles. The third-order valence-electron chi connectivity index (χ3n) is 2.67. The number of halogens is 1. The summed E-state index contributed by atoms with van der Waals surface area (Å²) >= 11 is 5.77. The number of carbonyl (C=O) groups is 1. The summed E-state index contributed by atoms with van der Waals surface area (Å²) in [5, 5.41) is 3.31. The average molecular weight is 307 g/mol. The van der Waals surface area contributed by atoms with Crippen LogP contribution in [0.15, 0.2) is 42.5 Å². The minimum atomic E-state index is -0.281. The summed E-state index contributed by atoms with van der Waals surface area (Å²) in [7, 11) is 1.51. The zero-order valence-corrected chi connectivity index (χ0v) is 12.2. The number of amides is 1. The summed E-state index contributed by atoms with van der Waals surface area (Å²) in [4.78, 5) is 11.8. The Balaban J connectivity index is 1.93. The van der Waals surface area contributed by atoms with Gasteiger partial charge in [0.1, 0.15) is 0 Å². The van der Waals surface area contributed by atoms with E-state index in [9.17, 15) is 4.79 Å². The van der Waals surface area contributed by atoms with E-state index < -0.39 is 0 Å². The average Bonchev–Trinajstić information content (AvgIpc) is 2.48. The summed E-state index contributed by atoms with van der Waals surface area (Å²) in [6.45, 7) is -0.136. The fourth-order valence-corrected chi connectivity index (χ4v) is 1.80. The highest BCUT2D eigenvalue weighted by atomic mass is 35.5. The number of benzene rings is 2. The molecule has 110 valence electrons. The Morgan fingerprint density at radius 3 is 2.57 bits per heavy atom. The fourth-order valence-electron chi connectivity index (χ4n) is 1.68. The monoisotopic (exact) mass is 306 g/mol. The number of hydrogen-bond donors (Lipinski definition) is 2. The molecule has 2 rings (SSSR count). The molecule has 0 bridgehead atoms. The number of nitrogens with one attached hydrogen (secondary N) is 1. The van der Waals surface area contributed by atoms with Gasteiger partial charge in [-0.25, -0.2) is 0 Å². The van der Waals surface area contributed by atoms with Crippen molar-refractivity contribution < 1.29 is 14.3 Å². The lowest BCUT2D eigenvalue weighted by Crippen LogP contribution is -2.20. The summed E-state index contributed by atoms with van der Waals surface area (Å²) in [6, 6.07) is 11.8. The van der Waals surface area contributed by atoms with Gasteiger partial charge in [0, 0.05) is 22.5 Å². The normalized spacial score (nSPS) is 10.0. The summed E-state index contributed by atoms with van der Waals surface area (Å²) in [6.07, 6.45) is 0. The molecule has 0 aliphatic heterocycles. The summed E-state index contributed by atoms with van der Waals surface area (Å²) < 4.78 is 10.6. The highest BCUT2D eigenvalue weighted by Crippen LogP contribution is 2.28. The van der Waals surface area contributed by atoms with Crippen molar-refractivity contribution in [3.8, 4) is 11.5 Å². The van der Waals surface area contributed by atoms with Crippen molar-refractivity contribution in [1.82, 2.24) is 0 Å². The van der Waals surface area contributed by atoms with Gasteiger partial charge in [0.15, 0.2) is 18.1 Å². The van der Waals surface area contributed by atoms with Crippen LogP contribution in [0.5, 0.6) is 11.5 Å². The van der Waals surface area contributed by atoms with Gasteiger partial charge in [0.05, 0.1) is 7.11 Å². The van der Waals surface area contributed by atoms with E-state index in [0.29, 0.717) is 27.9 Å². The van der Waals surface area contributed by atoms with Crippen molar-refractivity contribution in [3.05, 3.63) is 47.5 Å². The van der Waals surface area contributed by atoms with Gasteiger partial charge in [0.25, 0.3) is 5.91 Å². The standard InChI is InChI=1S/C15H15ClN2O3/c1-20-14-8-11(17)4-7-13(14)21-9-15(19)18-12-5-2-10(16)3-6-12/h2-8H,9,17H2,1H3,(H,18,19). The molecule has 0 aliphatic rings. The Labute approximate surface area is 127 Å². The van der Waals surface area contributed by atoms with Gasteiger partial charge in [-0.2, -0.15) is 0 Å². The lowest BCUT2D eigenvalue weighted by Gasteiger charge is -2.11. The molecule has 0 heterocycles. The van der Waals surface area contributed by atoms with Gasteiger partial charge < -0.3 is 20.5 Å². The number of methoxy groups -OCH3 is 1. The van der Waals surface area contributed by atoms with E-state index in [0.717, 1.165) is 0 Å². The molecule has 0 saturated heterocycles. The SMILES string of the molecule is COc1cc(N)ccc1OCC(=O)Nc1ccc(Cl)cc1. The number of nitrogens with two attached hydrogens (primary N) is 1. The maximum atomic E-state index is 11.8. The summed E-state index contributed by atoms with van der Waals surface area (Å²) in [5.74, 6) is 0.656. The Bertz CT molecular complexity index is 629. The Morgan fingerprint density at radius 2 is 1.90 bits per heavy atom. The summed E-state index contributed by atoms with van der Waals surface area (Å²) in [5.41, 5.74) is 6.86. The first kappa shape index (κ1) is 15.0. The zero-order valence-electron chi connectivity index (χ0n) is 11.4. The van der Waals surface area contributed by atoms with Crippen LogP contribution in [0.2, 0.25) is 5.02 Å². The first-order chi connectivity index (χ1) is 10.1. The molecule has 1 amide bonds. The molecule has 3 N–H and O–H groups in total. The molecule has 2 aromatic rings. The maximum Gasteiger partial charge on any atom is 0.262 e. The molecule has 0 atom stereocenters. The quantitative estimate of drug-likeness (QED) is 0.833. The van der Waals surface area contributed by atoms with E-state index in [1.807, 2.05) is 0 Å². The molecule has 0 saturated carbocycles. The van der Waals surface area contributed by atoms with Gasteiger partial charge in [-0.15, -0.1) is 0 Å². The topological polar surface area (TPSA) is 73.6 Å². The van der Waals surface area contributed by atoms with Gasteiger partial charge in [-0.1, -0.05) is 11.6 Å². The molecular formula is C15H15ClN2O3. The number of anilines is 2. The second-order valence-electron chi connectivity index (χ2n) is 4.25. The minimum Gasteiger partial charge on any atom is -0.493 e. The molecule has 0 unspecified atom stereocenters. The van der Waals surface area contributed by atoms with Crippen molar-refractivity contribution in [1.29, 1.82) is 0 Å². The van der Waals surface area contributed by atoms with Crippen molar-refractivity contribution in [2.75, 3.05) is 24.8 Å². The van der Waals surface area contributed by atoms with Crippen LogP contribution < -0.4 is 20.5 Å². The first-order valence-electron chi connectivity index (χ1n) is 6.20. The molecule has 5 nitrogen and oxygen atoms in total. The van der Waals surface area contributed by atoms with Gasteiger partial charge in [-0.05, 0) is 36.4 Å². The van der Waals surface area contributed by atoms with Crippen molar-refractivity contribution in [3.63, 3.8) is 0 Å². The van der Waals surface area contributed by atoms with E-state index in [-0.39, 0.29) is 12.5 Å². The fraction of sp³-hybridized carbons (Fsp3) is 0.133. The molecule has 6 heteroatoms. The second kappa shape index (κ2) is 6.85. The lowest BCUT2D eigenvalue weighted by atomic mass is 10.3. The largest absolute Gasteiger partial charge is 0.493 e. The van der Waals surface area contributed by atoms with Crippen molar-refractivity contribution in [2.45, 2.75) is 0 Å². The molecule has 0 spiro atoms. The van der Waals surface area contributed by atoms with Gasteiger partial charge >= 0.3 is 0 Å². The Kier molecular flexibility index (Phi) is 4.90. The van der Waals surface area contributed by atoms with Crippen molar-refractivity contribution in [2.24, 2.45) is 0 Å². The molecule has 0 radical (unpaired) electrons. The molecule has 0 fully saturated rings. The lowest BCUT2D eigenvalue weighted by molar-refractivity contribution is -0.118. The molecule has 21 heavy (non-hydrogen) atoms. The number of rotatable bonds is 5. The minimum absolute atomic E-state index is 0.136. The maximum absolute atomic E-state index is 11.8. The Hall–Kier alpha value is -2.40. The highest BCUT2D eigenvalue weighted by Gasteiger charge is 2.08. The Morgan fingerprint density at radius 1 is 1.19 bits per heavy atom. The number of hydrogen-bond acceptors (Lipinski definition) is 4. The van der Waals surface area contributed by atoms with Crippen LogP contribution in [0.3, 0.4) is 0 Å². The number of nitrogen functional groups attached to an aromatic ring is 1. The molecular weight excluding hydrogens is 292 g/mol. The smallest absolute Gasteiger partial charge is 0.262 e. The van der Waals surface area contributed by atoms with E-state index in [1.54, 1.807) is 42.5 Å². The van der Waals surface area contributed by atoms with Crippen LogP contribution in [0.25, 0.3) is 0 Å². The molecule has 0 aliphatic carbocycles. The van der Waals surface area contributed by atoms with Crippen LogP contribution in [-0.2, 0) is 4.79 Å². The van der Waals surface area contributed by atoms with Crippen LogP contribution in [0.4, 0.5) is 11.4 Å². The predicted octanol–water partition coefficient (Wildman–Crippen LogP) is 2.95. The van der Waals surface area contributed by atoms with Crippen LogP contribution in [0.1, 0.15) is 0 Å². The van der Waals surface area contributed by atoms with Crippen LogP contribution >= 0.6 is 11.6 Å². The van der Waals surface area contributed by atoms with E-state index in [2.05, 4.69) is 5.32 Å². The zero-order chi connectivity index (χ0) is 15.2. The van der Waals surface area contributed by atoms with Gasteiger partial charge in [-0.3, -0.25) is 4.79 Å². The molecule has 0 aromatic heterocycles. The second-order valence-corrected chi connectivity index (χ2v) is 4.69. The van der Waals surface area contributed by atoms with E-state index >= 15 is 0 Å².